The number of halogens is 1. The van der Waals surface area contributed by atoms with Gasteiger partial charge in [0.05, 0.1) is 11.9 Å². The number of aliphatic hydroxyl groups excluding tert-OH is 1. The standard InChI is InChI=1S/C11H15FO3S/c1-16(14,15)6-5-11(13)8-9-3-2-4-10(12)7-9/h2-4,7,11,13H,5-6,8H2,1H3. The number of hydrogen-bond acceptors (Lipinski definition) is 3. The van der Waals surface area contributed by atoms with Crippen LogP contribution in [0.1, 0.15) is 12.0 Å². The number of benzene rings is 1. The third-order valence-corrected chi connectivity index (χ3v) is 3.16. The second-order valence-corrected chi connectivity index (χ2v) is 6.17. The second kappa shape index (κ2) is 5.41. The molecule has 0 fully saturated rings. The third kappa shape index (κ3) is 5.23. The van der Waals surface area contributed by atoms with Gasteiger partial charge < -0.3 is 5.11 Å². The normalized spacial score (nSPS) is 13.7. The Kier molecular flexibility index (Phi) is 4.44. The lowest BCUT2D eigenvalue weighted by molar-refractivity contribution is 0.171. The predicted molar refractivity (Wildman–Crippen MR) is 60.4 cm³/mol. The molecule has 0 aliphatic carbocycles. The van der Waals surface area contributed by atoms with E-state index in [9.17, 15) is 17.9 Å². The fraction of sp³-hybridized carbons (Fsp3) is 0.455. The SMILES string of the molecule is CS(=O)(=O)CCC(O)Cc1cccc(F)c1. The Morgan fingerprint density at radius 2 is 2.12 bits per heavy atom. The highest BCUT2D eigenvalue weighted by Gasteiger charge is 2.10. The summed E-state index contributed by atoms with van der Waals surface area (Å²) >= 11 is 0. The molecule has 0 spiro atoms. The van der Waals surface area contributed by atoms with E-state index in [1.807, 2.05) is 0 Å². The highest BCUT2D eigenvalue weighted by molar-refractivity contribution is 7.90. The largest absolute Gasteiger partial charge is 0.393 e. The third-order valence-electron chi connectivity index (χ3n) is 2.18. The van der Waals surface area contributed by atoms with Gasteiger partial charge >= 0.3 is 0 Å². The number of hydrogen-bond donors (Lipinski definition) is 1. The van der Waals surface area contributed by atoms with Crippen molar-refractivity contribution in [1.82, 2.24) is 0 Å². The lowest BCUT2D eigenvalue weighted by Crippen LogP contribution is -2.16. The monoisotopic (exact) mass is 246 g/mol. The van der Waals surface area contributed by atoms with Crippen molar-refractivity contribution in [3.63, 3.8) is 0 Å². The molecule has 0 aliphatic heterocycles. The average Bonchev–Trinajstić information content (AvgIpc) is 2.14. The number of rotatable bonds is 5. The molecule has 0 aliphatic rings. The molecule has 0 amide bonds. The number of aliphatic hydroxyl groups is 1. The summed E-state index contributed by atoms with van der Waals surface area (Å²) in [5, 5.41) is 9.57. The lowest BCUT2D eigenvalue weighted by Gasteiger charge is -2.09. The maximum absolute atomic E-state index is 12.8. The van der Waals surface area contributed by atoms with Gasteiger partial charge in [-0.05, 0) is 30.5 Å². The van der Waals surface area contributed by atoms with Crippen molar-refractivity contribution in [2.24, 2.45) is 0 Å². The highest BCUT2D eigenvalue weighted by Crippen LogP contribution is 2.08. The Morgan fingerprint density at radius 1 is 1.44 bits per heavy atom. The van der Waals surface area contributed by atoms with E-state index in [1.165, 1.54) is 12.1 Å². The molecule has 0 heterocycles. The van der Waals surface area contributed by atoms with E-state index in [0.717, 1.165) is 6.26 Å². The summed E-state index contributed by atoms with van der Waals surface area (Å²) < 4.78 is 34.6. The zero-order chi connectivity index (χ0) is 12.2. The molecule has 1 aromatic carbocycles. The summed E-state index contributed by atoms with van der Waals surface area (Å²) in [6.45, 7) is 0. The van der Waals surface area contributed by atoms with Crippen LogP contribution in [0.5, 0.6) is 0 Å². The van der Waals surface area contributed by atoms with E-state index in [4.69, 9.17) is 0 Å². The Balaban J connectivity index is 2.49. The fourth-order valence-electron chi connectivity index (χ4n) is 1.39. The van der Waals surface area contributed by atoms with Crippen LogP contribution in [0.3, 0.4) is 0 Å². The average molecular weight is 246 g/mol. The molecule has 0 saturated carbocycles. The molecule has 90 valence electrons. The van der Waals surface area contributed by atoms with Crippen LogP contribution in [0, 0.1) is 5.82 Å². The van der Waals surface area contributed by atoms with Crippen molar-refractivity contribution < 1.29 is 17.9 Å². The molecular weight excluding hydrogens is 231 g/mol. The van der Waals surface area contributed by atoms with E-state index >= 15 is 0 Å². The minimum Gasteiger partial charge on any atom is -0.393 e. The topological polar surface area (TPSA) is 54.4 Å². The lowest BCUT2D eigenvalue weighted by atomic mass is 10.1. The molecule has 0 aromatic heterocycles. The Hall–Kier alpha value is -0.940. The summed E-state index contributed by atoms with van der Waals surface area (Å²) in [5.74, 6) is -0.406. The van der Waals surface area contributed by atoms with Crippen LogP contribution in [0.15, 0.2) is 24.3 Å². The van der Waals surface area contributed by atoms with Gasteiger partial charge in [-0.3, -0.25) is 0 Å². The van der Waals surface area contributed by atoms with Crippen LogP contribution in [0.4, 0.5) is 4.39 Å². The molecule has 16 heavy (non-hydrogen) atoms. The summed E-state index contributed by atoms with van der Waals surface area (Å²) in [5.41, 5.74) is 0.668. The molecule has 0 bridgehead atoms. The van der Waals surface area contributed by atoms with E-state index in [1.54, 1.807) is 12.1 Å². The molecule has 1 N–H and O–H groups in total. The highest BCUT2D eigenvalue weighted by atomic mass is 32.2. The van der Waals surface area contributed by atoms with E-state index in [-0.39, 0.29) is 24.4 Å². The van der Waals surface area contributed by atoms with E-state index < -0.39 is 15.9 Å². The number of sulfone groups is 1. The quantitative estimate of drug-likeness (QED) is 0.848. The van der Waals surface area contributed by atoms with Gasteiger partial charge in [0, 0.05) is 6.26 Å². The maximum atomic E-state index is 12.8. The Morgan fingerprint density at radius 3 is 2.69 bits per heavy atom. The van der Waals surface area contributed by atoms with E-state index in [2.05, 4.69) is 0 Å². The van der Waals surface area contributed by atoms with Gasteiger partial charge in [-0.25, -0.2) is 12.8 Å². The molecule has 1 unspecified atom stereocenters. The van der Waals surface area contributed by atoms with Gasteiger partial charge in [-0.15, -0.1) is 0 Å². The van der Waals surface area contributed by atoms with Crippen molar-refractivity contribution >= 4 is 9.84 Å². The summed E-state index contributed by atoms with van der Waals surface area (Å²) in [6.07, 6.45) is 0.821. The zero-order valence-electron chi connectivity index (χ0n) is 9.06. The molecule has 1 atom stereocenters. The maximum Gasteiger partial charge on any atom is 0.147 e. The summed E-state index contributed by atoms with van der Waals surface area (Å²) in [4.78, 5) is 0. The van der Waals surface area contributed by atoms with Gasteiger partial charge in [0.1, 0.15) is 15.7 Å². The summed E-state index contributed by atoms with van der Waals surface area (Å²) in [7, 11) is -3.05. The molecule has 5 heteroatoms. The van der Waals surface area contributed by atoms with Gasteiger partial charge in [0.25, 0.3) is 0 Å². The van der Waals surface area contributed by atoms with Crippen LogP contribution < -0.4 is 0 Å². The minimum atomic E-state index is -3.05. The minimum absolute atomic E-state index is 0.0521. The van der Waals surface area contributed by atoms with Crippen molar-refractivity contribution in [1.29, 1.82) is 0 Å². The van der Waals surface area contributed by atoms with Crippen molar-refractivity contribution in [2.75, 3.05) is 12.0 Å². The van der Waals surface area contributed by atoms with Crippen LogP contribution in [0.25, 0.3) is 0 Å². The molecule has 0 radical (unpaired) electrons. The van der Waals surface area contributed by atoms with Gasteiger partial charge in [0.15, 0.2) is 0 Å². The van der Waals surface area contributed by atoms with Gasteiger partial charge in [-0.1, -0.05) is 12.1 Å². The Bertz CT molecular complexity index is 442. The molecule has 1 aromatic rings. The predicted octanol–water partition coefficient (Wildman–Crippen LogP) is 1.16. The first kappa shape index (κ1) is 13.1. The first-order chi connectivity index (χ1) is 7.37. The van der Waals surface area contributed by atoms with Crippen LogP contribution in [0.2, 0.25) is 0 Å². The first-order valence-corrected chi connectivity index (χ1v) is 7.03. The van der Waals surface area contributed by atoms with Crippen molar-refractivity contribution in [3.05, 3.63) is 35.6 Å². The van der Waals surface area contributed by atoms with Crippen LogP contribution in [-0.4, -0.2) is 31.6 Å². The summed E-state index contributed by atoms with van der Waals surface area (Å²) in [6, 6.07) is 5.93. The molecule has 3 nitrogen and oxygen atoms in total. The van der Waals surface area contributed by atoms with Gasteiger partial charge in [-0.2, -0.15) is 0 Å². The van der Waals surface area contributed by atoms with E-state index in [0.29, 0.717) is 5.56 Å². The first-order valence-electron chi connectivity index (χ1n) is 4.97. The Labute approximate surface area is 94.8 Å². The van der Waals surface area contributed by atoms with Crippen molar-refractivity contribution in [3.8, 4) is 0 Å². The smallest absolute Gasteiger partial charge is 0.147 e. The fourth-order valence-corrected chi connectivity index (χ4v) is 2.09. The van der Waals surface area contributed by atoms with Crippen molar-refractivity contribution in [2.45, 2.75) is 18.9 Å². The molecule has 1 rings (SSSR count). The van der Waals surface area contributed by atoms with Gasteiger partial charge in [0.2, 0.25) is 0 Å². The van der Waals surface area contributed by atoms with Crippen LogP contribution in [-0.2, 0) is 16.3 Å². The van der Waals surface area contributed by atoms with Crippen LogP contribution >= 0.6 is 0 Å². The molecule has 0 saturated heterocycles. The molecular formula is C11H15FO3S. The second-order valence-electron chi connectivity index (χ2n) is 3.91. The zero-order valence-corrected chi connectivity index (χ0v) is 9.87.